The summed E-state index contributed by atoms with van der Waals surface area (Å²) < 4.78 is 10.5. The molecule has 6 heteroatoms. The predicted molar refractivity (Wildman–Crippen MR) is 130 cm³/mol. The Bertz CT molecular complexity index is 832. The van der Waals surface area contributed by atoms with E-state index in [1.807, 2.05) is 12.1 Å². The van der Waals surface area contributed by atoms with Gasteiger partial charge in [0.05, 0.1) is 19.6 Å². The fourth-order valence-electron chi connectivity index (χ4n) is 4.75. The van der Waals surface area contributed by atoms with Crippen molar-refractivity contribution in [3.05, 3.63) is 23.8 Å². The third kappa shape index (κ3) is 7.86. The summed E-state index contributed by atoms with van der Waals surface area (Å²) in [7, 11) is 1.56. The summed E-state index contributed by atoms with van der Waals surface area (Å²) >= 11 is 0. The highest BCUT2D eigenvalue weighted by molar-refractivity contribution is 5.96. The van der Waals surface area contributed by atoms with E-state index in [9.17, 15) is 14.4 Å². The maximum absolute atomic E-state index is 13.4. The maximum atomic E-state index is 13.4. The van der Waals surface area contributed by atoms with Gasteiger partial charge < -0.3 is 14.8 Å². The van der Waals surface area contributed by atoms with Gasteiger partial charge in [-0.3, -0.25) is 14.4 Å². The smallest absolute Gasteiger partial charge is 0.306 e. The van der Waals surface area contributed by atoms with Crippen molar-refractivity contribution in [2.24, 2.45) is 29.6 Å². The van der Waals surface area contributed by atoms with Gasteiger partial charge in [-0.1, -0.05) is 40.2 Å². The van der Waals surface area contributed by atoms with Crippen molar-refractivity contribution in [3.63, 3.8) is 0 Å². The number of ketones is 1. The second-order valence-corrected chi connectivity index (χ2v) is 10.2. The van der Waals surface area contributed by atoms with Gasteiger partial charge in [0.2, 0.25) is 5.91 Å². The molecule has 0 saturated heterocycles. The summed E-state index contributed by atoms with van der Waals surface area (Å²) in [5, 5.41) is 2.92. The van der Waals surface area contributed by atoms with E-state index in [0.29, 0.717) is 29.2 Å². The van der Waals surface area contributed by atoms with Gasteiger partial charge in [-0.15, -0.1) is 0 Å². The first kappa shape index (κ1) is 26.9. The van der Waals surface area contributed by atoms with Crippen LogP contribution in [-0.4, -0.2) is 30.9 Å². The number of carbonyl (C=O) groups is 3. The summed E-state index contributed by atoms with van der Waals surface area (Å²) in [4.78, 5) is 38.2. The van der Waals surface area contributed by atoms with Gasteiger partial charge in [0.15, 0.2) is 0 Å². The van der Waals surface area contributed by atoms with Crippen LogP contribution in [0.4, 0.5) is 5.69 Å². The zero-order valence-electron chi connectivity index (χ0n) is 21.3. The Morgan fingerprint density at radius 3 is 2.39 bits per heavy atom. The number of rotatable bonds is 10. The van der Waals surface area contributed by atoms with Gasteiger partial charge in [0.1, 0.15) is 11.5 Å². The van der Waals surface area contributed by atoms with E-state index in [1.54, 1.807) is 33.9 Å². The van der Waals surface area contributed by atoms with E-state index < -0.39 is 11.9 Å². The fourth-order valence-corrected chi connectivity index (χ4v) is 4.75. The third-order valence-electron chi connectivity index (χ3n) is 6.66. The van der Waals surface area contributed by atoms with E-state index in [2.05, 4.69) is 26.1 Å². The van der Waals surface area contributed by atoms with Crippen LogP contribution in [0.25, 0.3) is 0 Å². The maximum Gasteiger partial charge on any atom is 0.306 e. The van der Waals surface area contributed by atoms with Gasteiger partial charge in [-0.2, -0.15) is 0 Å². The highest BCUT2D eigenvalue weighted by atomic mass is 16.5. The second-order valence-electron chi connectivity index (χ2n) is 10.2. The van der Waals surface area contributed by atoms with Crippen LogP contribution in [0.2, 0.25) is 0 Å². The molecule has 2 rings (SSSR count). The molecule has 4 atom stereocenters. The topological polar surface area (TPSA) is 81.7 Å². The Balaban J connectivity index is 2.17. The number of hydrogen-bond acceptors (Lipinski definition) is 5. The number of amides is 1. The van der Waals surface area contributed by atoms with Crippen LogP contribution in [0.5, 0.6) is 5.75 Å². The molecule has 0 unspecified atom stereocenters. The first-order valence-electron chi connectivity index (χ1n) is 12.2. The zero-order valence-corrected chi connectivity index (χ0v) is 21.3. The second kappa shape index (κ2) is 12.2. The number of carbonyl (C=O) groups excluding carboxylic acids is 3. The van der Waals surface area contributed by atoms with Crippen LogP contribution in [-0.2, 0) is 25.5 Å². The Labute approximate surface area is 198 Å². The number of ether oxygens (including phenoxy) is 2. The lowest BCUT2D eigenvalue weighted by molar-refractivity contribution is -0.149. The van der Waals surface area contributed by atoms with E-state index in [1.165, 1.54) is 6.42 Å². The number of esters is 1. The van der Waals surface area contributed by atoms with Crippen molar-refractivity contribution in [3.8, 4) is 5.75 Å². The average molecular weight is 460 g/mol. The normalized spacial score (nSPS) is 21.5. The molecule has 184 valence electrons. The highest BCUT2D eigenvalue weighted by Crippen LogP contribution is 2.39. The lowest BCUT2D eigenvalue weighted by Crippen LogP contribution is -2.34. The Morgan fingerprint density at radius 2 is 1.79 bits per heavy atom. The van der Waals surface area contributed by atoms with Crippen molar-refractivity contribution in [1.82, 2.24) is 0 Å². The first-order valence-corrected chi connectivity index (χ1v) is 12.2. The Morgan fingerprint density at radius 1 is 1.09 bits per heavy atom. The molecule has 1 aromatic rings. The third-order valence-corrected chi connectivity index (χ3v) is 6.66. The van der Waals surface area contributed by atoms with Crippen molar-refractivity contribution in [2.45, 2.75) is 79.8 Å². The molecule has 0 spiro atoms. The molecule has 1 aromatic carbocycles. The van der Waals surface area contributed by atoms with Crippen LogP contribution >= 0.6 is 0 Å². The van der Waals surface area contributed by atoms with Crippen molar-refractivity contribution >= 4 is 23.3 Å². The van der Waals surface area contributed by atoms with E-state index in [0.717, 1.165) is 18.4 Å². The average Bonchev–Trinajstić information content (AvgIpc) is 2.73. The van der Waals surface area contributed by atoms with Crippen LogP contribution in [0.1, 0.15) is 72.8 Å². The zero-order chi connectivity index (χ0) is 24.7. The van der Waals surface area contributed by atoms with Crippen LogP contribution in [0.15, 0.2) is 18.2 Å². The molecule has 33 heavy (non-hydrogen) atoms. The van der Waals surface area contributed by atoms with Gasteiger partial charge in [0.25, 0.3) is 0 Å². The molecule has 1 N–H and O–H groups in total. The van der Waals surface area contributed by atoms with Crippen molar-refractivity contribution in [2.75, 3.05) is 12.4 Å². The molecule has 0 radical (unpaired) electrons. The molecule has 1 aliphatic carbocycles. The summed E-state index contributed by atoms with van der Waals surface area (Å²) in [6.07, 6.45) is 3.23. The van der Waals surface area contributed by atoms with E-state index in [-0.39, 0.29) is 36.6 Å². The number of anilines is 1. The highest BCUT2D eigenvalue weighted by Gasteiger charge is 2.35. The number of benzene rings is 1. The monoisotopic (exact) mass is 459 g/mol. The van der Waals surface area contributed by atoms with Crippen LogP contribution < -0.4 is 10.1 Å². The summed E-state index contributed by atoms with van der Waals surface area (Å²) in [5.41, 5.74) is 1.33. The summed E-state index contributed by atoms with van der Waals surface area (Å²) in [6.45, 7) is 11.9. The number of methoxy groups -OCH3 is 1. The van der Waals surface area contributed by atoms with E-state index >= 15 is 0 Å². The molecule has 0 aromatic heterocycles. The number of Topliss-reactive ketones (excluding diaryl/α,β-unsaturated/α-hetero) is 1. The van der Waals surface area contributed by atoms with Gasteiger partial charge >= 0.3 is 5.97 Å². The quantitative estimate of drug-likeness (QED) is 0.472. The molecule has 0 bridgehead atoms. The predicted octanol–water partition coefficient (Wildman–Crippen LogP) is 5.43. The number of nitrogens with one attached hydrogen (secondary N) is 1. The van der Waals surface area contributed by atoms with Gasteiger partial charge in [0, 0.05) is 30.0 Å². The molecule has 1 saturated carbocycles. The Hall–Kier alpha value is -2.37. The van der Waals surface area contributed by atoms with Gasteiger partial charge in [-0.25, -0.2) is 0 Å². The standard InChI is InChI=1S/C27H41NO5/c1-16(2)22-11-8-18(5)12-23(22)25(29)14-20-9-10-21(32-7)15-24(20)28-27(31)19(6)13-26(30)33-17(3)4/h9-10,15-19,22-23H,8,11-14H2,1-7H3,(H,28,31)/t18-,19+,22+,23-/m1/s1. The molecule has 6 nitrogen and oxygen atoms in total. The first-order chi connectivity index (χ1) is 15.5. The molecule has 1 fully saturated rings. The Kier molecular flexibility index (Phi) is 9.93. The fraction of sp³-hybridized carbons (Fsp3) is 0.667. The minimum atomic E-state index is -0.560. The van der Waals surface area contributed by atoms with Crippen molar-refractivity contribution < 1.29 is 23.9 Å². The summed E-state index contributed by atoms with van der Waals surface area (Å²) in [6, 6.07) is 5.40. The lowest BCUT2D eigenvalue weighted by Gasteiger charge is -2.36. The molecular formula is C27H41NO5. The minimum Gasteiger partial charge on any atom is -0.497 e. The SMILES string of the molecule is COc1ccc(CC(=O)[C@@H]2C[C@H](C)CC[C@H]2C(C)C)c(NC(=O)[C@@H](C)CC(=O)OC(C)C)c1. The van der Waals surface area contributed by atoms with Gasteiger partial charge in [-0.05, 0) is 56.1 Å². The molecule has 1 aliphatic rings. The molecule has 0 aliphatic heterocycles. The summed E-state index contributed by atoms with van der Waals surface area (Å²) in [5.74, 6) is 1.04. The van der Waals surface area contributed by atoms with Crippen LogP contribution in [0, 0.1) is 29.6 Å². The number of hydrogen-bond donors (Lipinski definition) is 1. The molecule has 0 heterocycles. The van der Waals surface area contributed by atoms with Crippen LogP contribution in [0.3, 0.4) is 0 Å². The largest absolute Gasteiger partial charge is 0.497 e. The lowest BCUT2D eigenvalue weighted by atomic mass is 9.68. The van der Waals surface area contributed by atoms with E-state index in [4.69, 9.17) is 9.47 Å². The van der Waals surface area contributed by atoms with Crippen molar-refractivity contribution in [1.29, 1.82) is 0 Å². The minimum absolute atomic E-state index is 0.00171. The molecular weight excluding hydrogens is 418 g/mol. The molecule has 1 amide bonds.